The van der Waals surface area contributed by atoms with Crippen LogP contribution in [0.4, 0.5) is 0 Å². The smallest absolute Gasteiger partial charge is 0.123 e. The summed E-state index contributed by atoms with van der Waals surface area (Å²) in [6.45, 7) is 5.08. The zero-order chi connectivity index (χ0) is 15.4. The van der Waals surface area contributed by atoms with Crippen molar-refractivity contribution in [3.63, 3.8) is 0 Å². The second-order valence-corrected chi connectivity index (χ2v) is 6.98. The van der Waals surface area contributed by atoms with Crippen LogP contribution >= 0.6 is 11.3 Å². The maximum absolute atomic E-state index is 10.4. The van der Waals surface area contributed by atoms with Crippen LogP contribution in [-0.4, -0.2) is 35.3 Å². The van der Waals surface area contributed by atoms with Crippen LogP contribution in [0.15, 0.2) is 29.6 Å². The number of aromatic nitrogens is 1. The first-order valence-corrected chi connectivity index (χ1v) is 8.68. The molecule has 0 radical (unpaired) electrons. The number of nitrogens with zero attached hydrogens (tertiary/aromatic N) is 1. The predicted molar refractivity (Wildman–Crippen MR) is 91.0 cm³/mol. The number of aliphatic hydroxyl groups is 1. The lowest BCUT2D eigenvalue weighted by Crippen LogP contribution is -2.51. The van der Waals surface area contributed by atoms with Gasteiger partial charge in [-0.2, -0.15) is 0 Å². The van der Waals surface area contributed by atoms with Crippen molar-refractivity contribution in [1.82, 2.24) is 15.6 Å². The topological polar surface area (TPSA) is 57.2 Å². The highest BCUT2D eigenvalue weighted by atomic mass is 32.1. The summed E-state index contributed by atoms with van der Waals surface area (Å²) in [6, 6.07) is 8.42. The van der Waals surface area contributed by atoms with Crippen molar-refractivity contribution in [2.24, 2.45) is 0 Å². The molecule has 1 saturated heterocycles. The molecule has 5 heteroatoms. The van der Waals surface area contributed by atoms with Crippen LogP contribution in [0.3, 0.4) is 0 Å². The average molecular weight is 317 g/mol. The van der Waals surface area contributed by atoms with Gasteiger partial charge in [-0.05, 0) is 32.4 Å². The molecule has 4 nitrogen and oxygen atoms in total. The Labute approximate surface area is 135 Å². The Hall–Kier alpha value is -1.27. The highest BCUT2D eigenvalue weighted by Gasteiger charge is 2.28. The predicted octanol–water partition coefficient (Wildman–Crippen LogP) is 2.32. The SMILES string of the molecule is Cc1cccc(-c2nc(CNC[C@@]3(O)CCCNC3)cs2)c1. The van der Waals surface area contributed by atoms with E-state index in [0.29, 0.717) is 19.6 Å². The van der Waals surface area contributed by atoms with Crippen LogP contribution < -0.4 is 10.6 Å². The lowest BCUT2D eigenvalue weighted by Gasteiger charge is -2.32. The molecule has 0 amide bonds. The summed E-state index contributed by atoms with van der Waals surface area (Å²) in [6.07, 6.45) is 1.89. The average Bonchev–Trinajstić information content (AvgIpc) is 2.97. The van der Waals surface area contributed by atoms with Gasteiger partial charge in [0.2, 0.25) is 0 Å². The first-order valence-electron chi connectivity index (χ1n) is 7.80. The Morgan fingerprint density at radius 2 is 2.36 bits per heavy atom. The van der Waals surface area contributed by atoms with E-state index in [9.17, 15) is 5.11 Å². The van der Waals surface area contributed by atoms with Crippen molar-refractivity contribution in [2.75, 3.05) is 19.6 Å². The van der Waals surface area contributed by atoms with Crippen LogP contribution in [0, 0.1) is 6.92 Å². The second kappa shape index (κ2) is 6.87. The third-order valence-corrected chi connectivity index (χ3v) is 4.97. The minimum atomic E-state index is -0.617. The van der Waals surface area contributed by atoms with E-state index in [1.54, 1.807) is 11.3 Å². The molecule has 0 saturated carbocycles. The molecule has 1 aromatic heterocycles. The van der Waals surface area contributed by atoms with Crippen molar-refractivity contribution in [2.45, 2.75) is 31.9 Å². The van der Waals surface area contributed by atoms with E-state index in [2.05, 4.69) is 52.2 Å². The van der Waals surface area contributed by atoms with Gasteiger partial charge in [0.15, 0.2) is 0 Å². The van der Waals surface area contributed by atoms with Gasteiger partial charge in [-0.1, -0.05) is 23.8 Å². The third-order valence-electron chi connectivity index (χ3n) is 4.03. The largest absolute Gasteiger partial charge is 0.387 e. The van der Waals surface area contributed by atoms with Gasteiger partial charge in [-0.3, -0.25) is 0 Å². The molecule has 0 unspecified atom stereocenters. The number of nitrogens with one attached hydrogen (secondary N) is 2. The Balaban J connectivity index is 1.56. The van der Waals surface area contributed by atoms with E-state index >= 15 is 0 Å². The number of β-amino-alcohol motifs (C(OH)–C–C–N with tert-alkyl or cyclic N) is 1. The Bertz CT molecular complexity index is 620. The molecule has 3 rings (SSSR count). The van der Waals surface area contributed by atoms with E-state index in [-0.39, 0.29) is 0 Å². The summed E-state index contributed by atoms with van der Waals surface area (Å²) < 4.78 is 0. The van der Waals surface area contributed by atoms with Gasteiger partial charge in [0.05, 0.1) is 11.3 Å². The number of piperidine rings is 1. The van der Waals surface area contributed by atoms with Crippen molar-refractivity contribution >= 4 is 11.3 Å². The van der Waals surface area contributed by atoms with Crippen LogP contribution in [0.5, 0.6) is 0 Å². The lowest BCUT2D eigenvalue weighted by atomic mass is 9.94. The van der Waals surface area contributed by atoms with Gasteiger partial charge in [0.25, 0.3) is 0 Å². The third kappa shape index (κ3) is 3.93. The van der Waals surface area contributed by atoms with E-state index in [1.807, 2.05) is 0 Å². The summed E-state index contributed by atoms with van der Waals surface area (Å²) in [5, 5.41) is 20.2. The molecule has 0 aliphatic carbocycles. The molecule has 118 valence electrons. The normalized spacial score (nSPS) is 21.9. The molecule has 2 aromatic rings. The fourth-order valence-electron chi connectivity index (χ4n) is 2.82. The minimum Gasteiger partial charge on any atom is -0.387 e. The van der Waals surface area contributed by atoms with Gasteiger partial charge in [-0.15, -0.1) is 11.3 Å². The molecule has 1 aliphatic heterocycles. The molecule has 22 heavy (non-hydrogen) atoms. The fourth-order valence-corrected chi connectivity index (χ4v) is 3.64. The van der Waals surface area contributed by atoms with E-state index < -0.39 is 5.60 Å². The second-order valence-electron chi connectivity index (χ2n) is 6.12. The van der Waals surface area contributed by atoms with Gasteiger partial charge in [-0.25, -0.2) is 4.98 Å². The van der Waals surface area contributed by atoms with Gasteiger partial charge in [0.1, 0.15) is 5.01 Å². The zero-order valence-corrected chi connectivity index (χ0v) is 13.7. The molecule has 2 heterocycles. The summed E-state index contributed by atoms with van der Waals surface area (Å²) in [5.41, 5.74) is 2.84. The Morgan fingerprint density at radius 1 is 1.45 bits per heavy atom. The number of hydrogen-bond acceptors (Lipinski definition) is 5. The first kappa shape index (κ1) is 15.6. The summed E-state index contributed by atoms with van der Waals surface area (Å²) in [7, 11) is 0. The maximum atomic E-state index is 10.4. The summed E-state index contributed by atoms with van der Waals surface area (Å²) in [5.74, 6) is 0. The Morgan fingerprint density at radius 3 is 3.14 bits per heavy atom. The standard InChI is InChI=1S/C17H23N3OS/c1-13-4-2-5-14(8-13)16-20-15(10-22-16)9-19-12-17(21)6-3-7-18-11-17/h2,4-5,8,10,18-19,21H,3,6-7,9,11-12H2,1H3/t17-/m1/s1. The van der Waals surface area contributed by atoms with Crippen molar-refractivity contribution in [1.29, 1.82) is 0 Å². The zero-order valence-electron chi connectivity index (χ0n) is 12.9. The van der Waals surface area contributed by atoms with Crippen LogP contribution in [0.2, 0.25) is 0 Å². The Kier molecular flexibility index (Phi) is 4.88. The van der Waals surface area contributed by atoms with E-state index in [0.717, 1.165) is 30.1 Å². The monoisotopic (exact) mass is 317 g/mol. The summed E-state index contributed by atoms with van der Waals surface area (Å²) >= 11 is 1.67. The first-order chi connectivity index (χ1) is 10.6. The molecule has 3 N–H and O–H groups in total. The minimum absolute atomic E-state index is 0.608. The lowest BCUT2D eigenvalue weighted by molar-refractivity contribution is 0.0168. The van der Waals surface area contributed by atoms with Gasteiger partial charge in [0, 0.05) is 30.6 Å². The number of thiazole rings is 1. The number of hydrogen-bond donors (Lipinski definition) is 3. The van der Waals surface area contributed by atoms with Gasteiger partial charge < -0.3 is 15.7 Å². The highest BCUT2D eigenvalue weighted by molar-refractivity contribution is 7.13. The fraction of sp³-hybridized carbons (Fsp3) is 0.471. The van der Waals surface area contributed by atoms with Crippen LogP contribution in [0.1, 0.15) is 24.1 Å². The molecular formula is C17H23N3OS. The number of aryl methyl sites for hydroxylation is 1. The van der Waals surface area contributed by atoms with Crippen molar-refractivity contribution < 1.29 is 5.11 Å². The van der Waals surface area contributed by atoms with Crippen molar-refractivity contribution in [3.8, 4) is 10.6 Å². The molecule has 0 spiro atoms. The molecule has 1 atom stereocenters. The summed E-state index contributed by atoms with van der Waals surface area (Å²) in [4.78, 5) is 4.69. The molecule has 0 bridgehead atoms. The van der Waals surface area contributed by atoms with E-state index in [4.69, 9.17) is 0 Å². The van der Waals surface area contributed by atoms with Gasteiger partial charge >= 0.3 is 0 Å². The van der Waals surface area contributed by atoms with Crippen LogP contribution in [0.25, 0.3) is 10.6 Å². The van der Waals surface area contributed by atoms with Crippen LogP contribution in [-0.2, 0) is 6.54 Å². The molecular weight excluding hydrogens is 294 g/mol. The number of rotatable bonds is 5. The maximum Gasteiger partial charge on any atom is 0.123 e. The quantitative estimate of drug-likeness (QED) is 0.792. The molecule has 1 aromatic carbocycles. The molecule has 1 fully saturated rings. The van der Waals surface area contributed by atoms with Crippen molar-refractivity contribution in [3.05, 3.63) is 40.9 Å². The molecule has 1 aliphatic rings. The number of benzene rings is 1. The van der Waals surface area contributed by atoms with E-state index in [1.165, 1.54) is 11.1 Å². The highest BCUT2D eigenvalue weighted by Crippen LogP contribution is 2.24.